The van der Waals surface area contributed by atoms with Crippen LogP contribution in [0.3, 0.4) is 0 Å². The summed E-state index contributed by atoms with van der Waals surface area (Å²) in [5.74, 6) is -0.478. The maximum absolute atomic E-state index is 11.1. The van der Waals surface area contributed by atoms with Gasteiger partial charge >= 0.3 is 0 Å². The fourth-order valence-electron chi connectivity index (χ4n) is 2.11. The average molecular weight is 368 g/mol. The van der Waals surface area contributed by atoms with E-state index >= 15 is 0 Å². The standard InChI is InChI=1S/C16H15Cl2N3OS/c17-13-6-1-10(9-14(13)18)7-8-21(16(20)23)12-4-2-11(3-5-12)15(19)22/h1-6,9H,7-8H2,(H2,19,22)(H2,20,23). The second-order valence-corrected chi connectivity index (χ2v) is 6.13. The summed E-state index contributed by atoms with van der Waals surface area (Å²) < 4.78 is 0. The molecule has 0 aromatic heterocycles. The van der Waals surface area contributed by atoms with Crippen molar-refractivity contribution in [2.45, 2.75) is 6.42 Å². The summed E-state index contributed by atoms with van der Waals surface area (Å²) >= 11 is 17.0. The number of nitrogens with zero attached hydrogens (tertiary/aromatic N) is 1. The first-order valence-electron chi connectivity index (χ1n) is 6.79. The molecule has 0 fully saturated rings. The number of hydrogen-bond acceptors (Lipinski definition) is 2. The molecule has 120 valence electrons. The second-order valence-electron chi connectivity index (χ2n) is 4.90. The third-order valence-corrected chi connectivity index (χ3v) is 4.30. The first-order chi connectivity index (χ1) is 10.9. The highest BCUT2D eigenvalue weighted by Gasteiger charge is 2.11. The molecule has 4 N–H and O–H groups in total. The SMILES string of the molecule is NC(=O)c1ccc(N(CCc2ccc(Cl)c(Cl)c2)C(N)=S)cc1. The third-order valence-electron chi connectivity index (χ3n) is 3.34. The molecule has 0 aliphatic rings. The molecule has 1 amide bonds. The van der Waals surface area contributed by atoms with Crippen LogP contribution in [-0.4, -0.2) is 17.6 Å². The average Bonchev–Trinajstić information content (AvgIpc) is 2.51. The van der Waals surface area contributed by atoms with Gasteiger partial charge in [-0.3, -0.25) is 4.79 Å². The molecule has 0 aliphatic carbocycles. The van der Waals surface area contributed by atoms with Gasteiger partial charge in [0.05, 0.1) is 10.0 Å². The van der Waals surface area contributed by atoms with Gasteiger partial charge in [0.25, 0.3) is 0 Å². The van der Waals surface area contributed by atoms with Gasteiger partial charge in [-0.1, -0.05) is 29.3 Å². The predicted molar refractivity (Wildman–Crippen MR) is 99.3 cm³/mol. The number of anilines is 1. The Morgan fingerprint density at radius 1 is 1.04 bits per heavy atom. The number of thiocarbonyl (C=S) groups is 1. The molecule has 0 atom stereocenters. The molecule has 0 saturated carbocycles. The van der Waals surface area contributed by atoms with E-state index in [1.165, 1.54) is 0 Å². The Bertz CT molecular complexity index is 735. The number of benzene rings is 2. The molecule has 0 bridgehead atoms. The molecule has 0 unspecified atom stereocenters. The molecule has 0 heterocycles. The zero-order chi connectivity index (χ0) is 17.0. The zero-order valence-electron chi connectivity index (χ0n) is 12.1. The predicted octanol–water partition coefficient (Wildman–Crippen LogP) is 3.39. The van der Waals surface area contributed by atoms with Gasteiger partial charge in [-0.25, -0.2) is 0 Å². The molecule has 2 rings (SSSR count). The van der Waals surface area contributed by atoms with Crippen molar-refractivity contribution in [2.24, 2.45) is 11.5 Å². The number of amides is 1. The fourth-order valence-corrected chi connectivity index (χ4v) is 2.63. The molecular weight excluding hydrogens is 353 g/mol. The third kappa shape index (κ3) is 4.58. The number of carbonyl (C=O) groups is 1. The number of nitrogens with two attached hydrogens (primary N) is 2. The minimum atomic E-state index is -0.478. The highest BCUT2D eigenvalue weighted by molar-refractivity contribution is 7.80. The van der Waals surface area contributed by atoms with E-state index in [4.69, 9.17) is 46.9 Å². The van der Waals surface area contributed by atoms with E-state index in [-0.39, 0.29) is 5.11 Å². The van der Waals surface area contributed by atoms with Crippen molar-refractivity contribution < 1.29 is 4.79 Å². The summed E-state index contributed by atoms with van der Waals surface area (Å²) in [5.41, 5.74) is 13.3. The van der Waals surface area contributed by atoms with E-state index in [9.17, 15) is 4.79 Å². The number of hydrogen-bond donors (Lipinski definition) is 2. The van der Waals surface area contributed by atoms with Crippen LogP contribution in [0.4, 0.5) is 5.69 Å². The van der Waals surface area contributed by atoms with Crippen LogP contribution in [0.5, 0.6) is 0 Å². The Morgan fingerprint density at radius 3 is 2.22 bits per heavy atom. The maximum Gasteiger partial charge on any atom is 0.248 e. The van der Waals surface area contributed by atoms with Gasteiger partial charge in [-0.05, 0) is 60.6 Å². The number of halogens is 2. The molecule has 2 aromatic carbocycles. The topological polar surface area (TPSA) is 72.4 Å². The second kappa shape index (κ2) is 7.64. The van der Waals surface area contributed by atoms with Crippen molar-refractivity contribution in [2.75, 3.05) is 11.4 Å². The smallest absolute Gasteiger partial charge is 0.248 e. The minimum absolute atomic E-state index is 0.247. The molecule has 7 heteroatoms. The van der Waals surface area contributed by atoms with E-state index in [1.54, 1.807) is 35.2 Å². The lowest BCUT2D eigenvalue weighted by atomic mass is 10.1. The van der Waals surface area contributed by atoms with Gasteiger partial charge in [-0.2, -0.15) is 0 Å². The molecule has 23 heavy (non-hydrogen) atoms. The van der Waals surface area contributed by atoms with Crippen molar-refractivity contribution in [1.29, 1.82) is 0 Å². The fraction of sp³-hybridized carbons (Fsp3) is 0.125. The van der Waals surface area contributed by atoms with Crippen molar-refractivity contribution >= 4 is 52.1 Å². The van der Waals surface area contributed by atoms with Crippen molar-refractivity contribution in [3.8, 4) is 0 Å². The molecule has 2 aromatic rings. The zero-order valence-corrected chi connectivity index (χ0v) is 14.5. The normalized spacial score (nSPS) is 10.3. The van der Waals surface area contributed by atoms with Gasteiger partial charge in [0, 0.05) is 17.8 Å². The monoisotopic (exact) mass is 367 g/mol. The quantitative estimate of drug-likeness (QED) is 0.794. The van der Waals surface area contributed by atoms with Crippen LogP contribution in [0.15, 0.2) is 42.5 Å². The minimum Gasteiger partial charge on any atom is -0.376 e. The van der Waals surface area contributed by atoms with Gasteiger partial charge in [0.1, 0.15) is 0 Å². The summed E-state index contributed by atoms with van der Waals surface area (Å²) in [5, 5.41) is 1.28. The van der Waals surface area contributed by atoms with E-state index in [1.807, 2.05) is 12.1 Å². The van der Waals surface area contributed by atoms with Gasteiger partial charge < -0.3 is 16.4 Å². The van der Waals surface area contributed by atoms with Crippen LogP contribution in [0.25, 0.3) is 0 Å². The lowest BCUT2D eigenvalue weighted by Crippen LogP contribution is -2.37. The molecule has 4 nitrogen and oxygen atoms in total. The summed E-state index contributed by atoms with van der Waals surface area (Å²) in [7, 11) is 0. The van der Waals surface area contributed by atoms with Gasteiger partial charge in [0.2, 0.25) is 5.91 Å². The van der Waals surface area contributed by atoms with Gasteiger partial charge in [-0.15, -0.1) is 0 Å². The summed E-state index contributed by atoms with van der Waals surface area (Å²) in [6.07, 6.45) is 0.686. The Morgan fingerprint density at radius 2 is 1.70 bits per heavy atom. The first-order valence-corrected chi connectivity index (χ1v) is 7.95. The Hall–Kier alpha value is -1.82. The summed E-state index contributed by atoms with van der Waals surface area (Å²) in [4.78, 5) is 12.9. The van der Waals surface area contributed by atoms with E-state index in [0.29, 0.717) is 28.6 Å². The van der Waals surface area contributed by atoms with E-state index in [2.05, 4.69) is 0 Å². The highest BCUT2D eigenvalue weighted by atomic mass is 35.5. The van der Waals surface area contributed by atoms with Crippen LogP contribution in [-0.2, 0) is 6.42 Å². The lowest BCUT2D eigenvalue weighted by Gasteiger charge is -2.23. The van der Waals surface area contributed by atoms with Crippen LogP contribution < -0.4 is 16.4 Å². The van der Waals surface area contributed by atoms with Crippen LogP contribution in [0, 0.1) is 0 Å². The maximum atomic E-state index is 11.1. The first kappa shape index (κ1) is 17.5. The van der Waals surface area contributed by atoms with Crippen molar-refractivity contribution in [1.82, 2.24) is 0 Å². The summed E-state index contributed by atoms with van der Waals surface area (Å²) in [6, 6.07) is 12.3. The van der Waals surface area contributed by atoms with Crippen molar-refractivity contribution in [3.63, 3.8) is 0 Å². The molecule has 0 saturated heterocycles. The Balaban J connectivity index is 2.13. The van der Waals surface area contributed by atoms with Crippen LogP contribution >= 0.6 is 35.4 Å². The Labute approximate surface area is 150 Å². The van der Waals surface area contributed by atoms with E-state index < -0.39 is 5.91 Å². The number of rotatable bonds is 5. The summed E-state index contributed by atoms with van der Waals surface area (Å²) in [6.45, 7) is 0.573. The molecule has 0 radical (unpaired) electrons. The largest absolute Gasteiger partial charge is 0.376 e. The molecular formula is C16H15Cl2N3OS. The highest BCUT2D eigenvalue weighted by Crippen LogP contribution is 2.23. The number of primary amides is 1. The van der Waals surface area contributed by atoms with Crippen molar-refractivity contribution in [3.05, 3.63) is 63.6 Å². The number of carbonyl (C=O) groups excluding carboxylic acids is 1. The van der Waals surface area contributed by atoms with Crippen LogP contribution in [0.1, 0.15) is 15.9 Å². The van der Waals surface area contributed by atoms with Crippen LogP contribution in [0.2, 0.25) is 10.0 Å². The van der Waals surface area contributed by atoms with Gasteiger partial charge in [0.15, 0.2) is 5.11 Å². The molecule has 0 spiro atoms. The Kier molecular flexibility index (Phi) is 5.82. The van der Waals surface area contributed by atoms with E-state index in [0.717, 1.165) is 11.3 Å². The molecule has 0 aliphatic heterocycles. The lowest BCUT2D eigenvalue weighted by molar-refractivity contribution is 0.100.